The molecule has 3 rings (SSSR count). The van der Waals surface area contributed by atoms with Gasteiger partial charge in [0.2, 0.25) is 0 Å². The van der Waals surface area contributed by atoms with E-state index in [0.717, 1.165) is 43.5 Å². The quantitative estimate of drug-likeness (QED) is 0.686. The van der Waals surface area contributed by atoms with E-state index in [9.17, 15) is 0 Å². The summed E-state index contributed by atoms with van der Waals surface area (Å²) in [6.07, 6.45) is 0. The van der Waals surface area contributed by atoms with Crippen molar-refractivity contribution in [1.29, 1.82) is 0 Å². The zero-order valence-corrected chi connectivity index (χ0v) is 12.9. The minimum atomic E-state index is -2.24. The molecule has 0 aromatic heterocycles. The zero-order chi connectivity index (χ0) is 10.7. The predicted octanol–water partition coefficient (Wildman–Crippen LogP) is 0.598. The Morgan fingerprint density at radius 1 is 1.00 bits per heavy atom. The molecule has 0 unspecified atom stereocenters. The molecule has 6 heteroatoms. The van der Waals surface area contributed by atoms with E-state index in [2.05, 4.69) is 14.8 Å². The molecule has 3 aliphatic heterocycles. The predicted molar refractivity (Wildman–Crippen MR) is 62.3 cm³/mol. The fraction of sp³-hybridized carbons (Fsp3) is 1.00. The summed E-state index contributed by atoms with van der Waals surface area (Å²) in [7, 11) is -2.24. The van der Waals surface area contributed by atoms with Crippen LogP contribution in [0.3, 0.4) is 0 Å². The normalized spacial score (nSPS) is 37.4. The van der Waals surface area contributed by atoms with Crippen molar-refractivity contribution in [2.45, 2.75) is 14.0 Å². The van der Waals surface area contributed by atoms with Crippen LogP contribution >= 0.6 is 0 Å². The van der Waals surface area contributed by atoms with Crippen molar-refractivity contribution in [2.75, 3.05) is 39.5 Å². The van der Waals surface area contributed by atoms with Crippen molar-refractivity contribution in [3.63, 3.8) is 0 Å². The van der Waals surface area contributed by atoms with Gasteiger partial charge in [0.25, 0.3) is 0 Å². The Bertz CT molecular complexity index is 191. The molecule has 0 radical (unpaired) electrons. The molecule has 3 saturated heterocycles. The summed E-state index contributed by atoms with van der Waals surface area (Å²) in [4.78, 5) is 7.09. The molecule has 0 spiro atoms. The molecule has 15 heavy (non-hydrogen) atoms. The molecule has 3 heterocycles. The fourth-order valence-electron chi connectivity index (χ4n) is 1.93. The van der Waals surface area contributed by atoms with Crippen molar-refractivity contribution in [3.05, 3.63) is 0 Å². The molecule has 0 saturated carbocycles. The zero-order valence-electron chi connectivity index (χ0n) is 9.53. The van der Waals surface area contributed by atoms with E-state index in [4.69, 9.17) is 13.3 Å². The molecule has 0 aliphatic carbocycles. The van der Waals surface area contributed by atoms with Gasteiger partial charge in [0.05, 0.1) is 0 Å². The molecular weight excluding hydrogens is 326 g/mol. The van der Waals surface area contributed by atoms with Gasteiger partial charge in [-0.3, -0.25) is 0 Å². The summed E-state index contributed by atoms with van der Waals surface area (Å²) in [6.45, 7) is 5.51. The van der Waals surface area contributed by atoms with Gasteiger partial charge < -0.3 is 0 Å². The van der Waals surface area contributed by atoms with Gasteiger partial charge in [-0.05, 0) is 0 Å². The summed E-state index contributed by atoms with van der Waals surface area (Å²) < 4.78 is 19.0. The monoisotopic (exact) mass is 348 g/mol. The van der Waals surface area contributed by atoms with Crippen molar-refractivity contribution in [2.24, 2.45) is 0 Å². The van der Waals surface area contributed by atoms with Crippen molar-refractivity contribution in [3.8, 4) is 0 Å². The second-order valence-electron chi connectivity index (χ2n) is 4.20. The van der Waals surface area contributed by atoms with E-state index < -0.39 is 28.4 Å². The van der Waals surface area contributed by atoms with E-state index >= 15 is 0 Å². The average molecular weight is 346 g/mol. The van der Waals surface area contributed by atoms with E-state index in [1.165, 1.54) is 0 Å². The minimum absolute atomic E-state index is 0.790. The van der Waals surface area contributed by atoms with Gasteiger partial charge in [0.15, 0.2) is 0 Å². The third-order valence-corrected chi connectivity index (χ3v) is 13.5. The van der Waals surface area contributed by atoms with Crippen LogP contribution in [0.25, 0.3) is 0 Å². The number of hydrogen-bond donors (Lipinski definition) is 0. The summed E-state index contributed by atoms with van der Waals surface area (Å²) in [5.41, 5.74) is 0. The van der Waals surface area contributed by atoms with Crippen LogP contribution in [-0.2, 0) is 13.3 Å². The molecule has 3 aliphatic rings. The SMILES string of the molecule is C[Te+](C)C[Si]12OCCN(CCO1)CCO2. The number of hydrogen-bond acceptors (Lipinski definition) is 4. The van der Waals surface area contributed by atoms with Gasteiger partial charge in [-0.15, -0.1) is 0 Å². The third-order valence-electron chi connectivity index (χ3n) is 2.65. The Morgan fingerprint density at radius 3 is 1.87 bits per heavy atom. The van der Waals surface area contributed by atoms with Crippen molar-refractivity contribution >= 4 is 28.4 Å². The molecule has 0 atom stereocenters. The molecule has 3 fully saturated rings. The van der Waals surface area contributed by atoms with Crippen LogP contribution in [0.1, 0.15) is 0 Å². The summed E-state index contributed by atoms with van der Waals surface area (Å²) in [6, 6.07) is 0. The second kappa shape index (κ2) is 5.45. The van der Waals surface area contributed by atoms with Gasteiger partial charge in [-0.25, -0.2) is 0 Å². The molecule has 0 N–H and O–H groups in total. The standard InChI is InChI=1S/C9H20NO3SiTe/c1-15(2)9-14-11-6-3-10(4-7-12-14)5-8-13-14/h3-9H2,1-2H3/q+1. The first-order valence-electron chi connectivity index (χ1n) is 5.39. The van der Waals surface area contributed by atoms with Crippen LogP contribution in [0.2, 0.25) is 14.0 Å². The van der Waals surface area contributed by atoms with Crippen molar-refractivity contribution in [1.82, 2.24) is 4.90 Å². The average Bonchev–Trinajstić information content (AvgIpc) is 2.05. The Balaban J connectivity index is 2.05. The first kappa shape index (κ1) is 12.3. The van der Waals surface area contributed by atoms with Crippen molar-refractivity contribution < 1.29 is 13.3 Å². The van der Waals surface area contributed by atoms with Crippen LogP contribution in [0.15, 0.2) is 0 Å². The Morgan fingerprint density at radius 2 is 1.47 bits per heavy atom. The Labute approximate surface area is 99.9 Å². The first-order valence-corrected chi connectivity index (χ1v) is 13.6. The summed E-state index contributed by atoms with van der Waals surface area (Å²) >= 11 is -0.970. The van der Waals surface area contributed by atoms with Crippen LogP contribution in [-0.4, -0.2) is 72.7 Å². The van der Waals surface area contributed by atoms with Crippen LogP contribution < -0.4 is 0 Å². The maximum absolute atomic E-state index is 5.95. The van der Waals surface area contributed by atoms with E-state index in [1.54, 1.807) is 0 Å². The van der Waals surface area contributed by atoms with Gasteiger partial charge in [-0.1, -0.05) is 0 Å². The van der Waals surface area contributed by atoms with Gasteiger partial charge >= 0.3 is 100 Å². The number of nitrogens with zero attached hydrogens (tertiary/aromatic N) is 1. The molecule has 0 amide bonds. The molecule has 88 valence electrons. The van der Waals surface area contributed by atoms with Gasteiger partial charge in [0.1, 0.15) is 0 Å². The van der Waals surface area contributed by atoms with Gasteiger partial charge in [0, 0.05) is 0 Å². The van der Waals surface area contributed by atoms with E-state index in [-0.39, 0.29) is 0 Å². The first-order chi connectivity index (χ1) is 7.20. The maximum atomic E-state index is 5.95. The summed E-state index contributed by atoms with van der Waals surface area (Å²) in [5.74, 6) is 0. The number of rotatable bonds is 2. The molecule has 2 bridgehead atoms. The third kappa shape index (κ3) is 3.40. The topological polar surface area (TPSA) is 30.9 Å². The molecule has 0 aromatic carbocycles. The number of fused-ring (bicyclic) bond motifs is 6. The Kier molecular flexibility index (Phi) is 4.47. The van der Waals surface area contributed by atoms with E-state index in [0.29, 0.717) is 0 Å². The fourth-order valence-corrected chi connectivity index (χ4v) is 12.5. The van der Waals surface area contributed by atoms with Gasteiger partial charge in [-0.2, -0.15) is 0 Å². The second-order valence-corrected chi connectivity index (χ2v) is 14.8. The van der Waals surface area contributed by atoms with Crippen LogP contribution in [0, 0.1) is 0 Å². The molecule has 4 nitrogen and oxygen atoms in total. The van der Waals surface area contributed by atoms with Crippen LogP contribution in [0.5, 0.6) is 0 Å². The van der Waals surface area contributed by atoms with Crippen LogP contribution in [0.4, 0.5) is 0 Å². The summed E-state index contributed by atoms with van der Waals surface area (Å²) in [5, 5.41) is 0. The molecule has 0 aromatic rings. The molecular formula is C9H20NO3SiTe+. The van der Waals surface area contributed by atoms with E-state index in [1.807, 2.05) is 0 Å². The Hall–Kier alpha value is 0.846.